The zero-order valence-electron chi connectivity index (χ0n) is 13.1. The molecule has 1 aromatic carbocycles. The largest absolute Gasteiger partial charge is 0.508 e. The number of benzene rings is 1. The number of amides is 2. The molecule has 0 heterocycles. The van der Waals surface area contributed by atoms with Crippen molar-refractivity contribution in [1.82, 2.24) is 10.6 Å². The van der Waals surface area contributed by atoms with Gasteiger partial charge in [0.2, 0.25) is 11.8 Å². The van der Waals surface area contributed by atoms with Gasteiger partial charge in [0.1, 0.15) is 17.8 Å². The Morgan fingerprint density at radius 2 is 1.67 bits per heavy atom. The van der Waals surface area contributed by atoms with Gasteiger partial charge in [-0.15, -0.1) is 0 Å². The first-order valence-electron chi connectivity index (χ1n) is 7.22. The molecule has 0 aliphatic rings. The van der Waals surface area contributed by atoms with Crippen LogP contribution in [0.2, 0.25) is 0 Å². The fourth-order valence-electron chi connectivity index (χ4n) is 1.84. The summed E-state index contributed by atoms with van der Waals surface area (Å²) >= 11 is 3.99. The van der Waals surface area contributed by atoms with Crippen molar-refractivity contribution in [3.63, 3.8) is 0 Å². The molecule has 0 saturated heterocycles. The van der Waals surface area contributed by atoms with Crippen molar-refractivity contribution in [3.05, 3.63) is 29.8 Å². The SMILES string of the molecule is CC(N)C(=O)NC(CS)C(=O)NC(Cc1ccc(O)cc1)C(=O)O. The van der Waals surface area contributed by atoms with Gasteiger partial charge in [0, 0.05) is 12.2 Å². The lowest BCUT2D eigenvalue weighted by Gasteiger charge is -2.21. The van der Waals surface area contributed by atoms with Gasteiger partial charge in [0.15, 0.2) is 0 Å². The molecule has 1 aromatic rings. The van der Waals surface area contributed by atoms with Crippen LogP contribution in [0.25, 0.3) is 0 Å². The van der Waals surface area contributed by atoms with E-state index in [4.69, 9.17) is 5.73 Å². The molecule has 3 unspecified atom stereocenters. The van der Waals surface area contributed by atoms with Gasteiger partial charge >= 0.3 is 5.97 Å². The van der Waals surface area contributed by atoms with Crippen molar-refractivity contribution in [2.45, 2.75) is 31.5 Å². The number of hydrogen-bond acceptors (Lipinski definition) is 6. The van der Waals surface area contributed by atoms with E-state index >= 15 is 0 Å². The molecule has 0 radical (unpaired) electrons. The fourth-order valence-corrected chi connectivity index (χ4v) is 2.09. The Morgan fingerprint density at radius 3 is 2.12 bits per heavy atom. The zero-order chi connectivity index (χ0) is 18.3. The number of carbonyl (C=O) groups is 3. The molecule has 6 N–H and O–H groups in total. The predicted octanol–water partition coefficient (Wildman–Crippen LogP) is -0.734. The van der Waals surface area contributed by atoms with Crippen molar-refractivity contribution >= 4 is 30.4 Å². The van der Waals surface area contributed by atoms with E-state index < -0.39 is 35.9 Å². The molecule has 1 rings (SSSR count). The highest BCUT2D eigenvalue weighted by Crippen LogP contribution is 2.11. The summed E-state index contributed by atoms with van der Waals surface area (Å²) in [6.07, 6.45) is 0.0296. The Hall–Kier alpha value is -2.26. The standard InChI is InChI=1S/C15H21N3O5S/c1-8(16)13(20)18-12(7-24)14(21)17-11(15(22)23)6-9-2-4-10(19)5-3-9/h2-5,8,11-12,19,24H,6-7,16H2,1H3,(H,17,21)(H,18,20)(H,22,23). The minimum absolute atomic E-state index is 0.00413. The van der Waals surface area contributed by atoms with Gasteiger partial charge in [-0.25, -0.2) is 4.79 Å². The van der Waals surface area contributed by atoms with Crippen LogP contribution in [-0.2, 0) is 20.8 Å². The normalized spacial score (nSPS) is 14.3. The summed E-state index contributed by atoms with van der Waals surface area (Å²) in [6.45, 7) is 1.47. The van der Waals surface area contributed by atoms with Crippen LogP contribution in [0.5, 0.6) is 5.75 Å². The second-order valence-corrected chi connectivity index (χ2v) is 5.67. The van der Waals surface area contributed by atoms with Crippen molar-refractivity contribution in [2.75, 3.05) is 5.75 Å². The number of rotatable bonds is 8. The van der Waals surface area contributed by atoms with Crippen LogP contribution in [0.15, 0.2) is 24.3 Å². The highest BCUT2D eigenvalue weighted by Gasteiger charge is 2.26. The van der Waals surface area contributed by atoms with Gasteiger partial charge in [-0.05, 0) is 24.6 Å². The minimum Gasteiger partial charge on any atom is -0.508 e. The molecule has 0 spiro atoms. The third-order valence-electron chi connectivity index (χ3n) is 3.22. The Kier molecular flexibility index (Phi) is 7.53. The van der Waals surface area contributed by atoms with Gasteiger partial charge in [0.25, 0.3) is 0 Å². The summed E-state index contributed by atoms with van der Waals surface area (Å²) in [7, 11) is 0. The van der Waals surface area contributed by atoms with E-state index in [1.165, 1.54) is 19.1 Å². The number of aliphatic carboxylic acids is 1. The molecular weight excluding hydrogens is 334 g/mol. The molecule has 0 saturated carbocycles. The molecule has 0 aliphatic carbocycles. The van der Waals surface area contributed by atoms with Gasteiger partial charge in [-0.3, -0.25) is 9.59 Å². The first-order valence-corrected chi connectivity index (χ1v) is 7.85. The quantitative estimate of drug-likeness (QED) is 0.339. The van der Waals surface area contributed by atoms with E-state index in [-0.39, 0.29) is 17.9 Å². The number of thiol groups is 1. The van der Waals surface area contributed by atoms with Gasteiger partial charge in [-0.2, -0.15) is 12.6 Å². The van der Waals surface area contributed by atoms with E-state index in [0.29, 0.717) is 5.56 Å². The van der Waals surface area contributed by atoms with Crippen LogP contribution < -0.4 is 16.4 Å². The summed E-state index contributed by atoms with van der Waals surface area (Å²) in [5, 5.41) is 23.3. The number of nitrogens with one attached hydrogen (secondary N) is 2. The first-order chi connectivity index (χ1) is 11.2. The smallest absolute Gasteiger partial charge is 0.326 e. The molecule has 0 fully saturated rings. The number of aromatic hydroxyl groups is 1. The molecule has 3 atom stereocenters. The number of nitrogens with two attached hydrogens (primary N) is 1. The average molecular weight is 355 g/mol. The van der Waals surface area contributed by atoms with Crippen LogP contribution in [-0.4, -0.2) is 51.9 Å². The molecule has 8 nitrogen and oxygen atoms in total. The van der Waals surface area contributed by atoms with E-state index in [1.54, 1.807) is 12.1 Å². The molecule has 9 heteroatoms. The summed E-state index contributed by atoms with van der Waals surface area (Å²) < 4.78 is 0. The molecule has 0 aromatic heterocycles. The molecule has 2 amide bonds. The number of phenolic OH excluding ortho intramolecular Hbond substituents is 1. The van der Waals surface area contributed by atoms with E-state index in [2.05, 4.69) is 23.3 Å². The van der Waals surface area contributed by atoms with Crippen molar-refractivity contribution in [1.29, 1.82) is 0 Å². The lowest BCUT2D eigenvalue weighted by molar-refractivity contribution is -0.142. The monoisotopic (exact) mass is 355 g/mol. The summed E-state index contributed by atoms with van der Waals surface area (Å²) in [4.78, 5) is 35.1. The van der Waals surface area contributed by atoms with Gasteiger partial charge in [-0.1, -0.05) is 12.1 Å². The number of hydrogen-bond donors (Lipinski definition) is 6. The van der Waals surface area contributed by atoms with Crippen LogP contribution in [0, 0.1) is 0 Å². The number of carbonyl (C=O) groups excluding carboxylic acids is 2. The van der Waals surface area contributed by atoms with E-state index in [0.717, 1.165) is 0 Å². The number of carboxylic acid groups (broad SMARTS) is 1. The Balaban J connectivity index is 2.75. The Labute approximate surface area is 144 Å². The zero-order valence-corrected chi connectivity index (χ0v) is 14.0. The van der Waals surface area contributed by atoms with Crippen LogP contribution in [0.3, 0.4) is 0 Å². The van der Waals surface area contributed by atoms with Crippen LogP contribution in [0.1, 0.15) is 12.5 Å². The third kappa shape index (κ3) is 6.09. The lowest BCUT2D eigenvalue weighted by Crippen LogP contribution is -2.55. The fraction of sp³-hybridized carbons (Fsp3) is 0.400. The first kappa shape index (κ1) is 19.8. The summed E-state index contributed by atoms with van der Waals surface area (Å²) in [5.41, 5.74) is 6.05. The number of phenols is 1. The maximum absolute atomic E-state index is 12.2. The van der Waals surface area contributed by atoms with Crippen molar-refractivity contribution in [2.24, 2.45) is 5.73 Å². The highest BCUT2D eigenvalue weighted by atomic mass is 32.1. The minimum atomic E-state index is -1.21. The molecule has 0 aliphatic heterocycles. The molecule has 24 heavy (non-hydrogen) atoms. The van der Waals surface area contributed by atoms with E-state index in [1.807, 2.05) is 0 Å². The van der Waals surface area contributed by atoms with Gasteiger partial charge in [0.05, 0.1) is 6.04 Å². The van der Waals surface area contributed by atoms with E-state index in [9.17, 15) is 24.6 Å². The molecular formula is C15H21N3O5S. The summed E-state index contributed by atoms with van der Waals surface area (Å²) in [6, 6.07) is 3.00. The third-order valence-corrected chi connectivity index (χ3v) is 3.59. The van der Waals surface area contributed by atoms with Gasteiger partial charge < -0.3 is 26.6 Å². The maximum atomic E-state index is 12.2. The molecule has 132 valence electrons. The number of carboxylic acids is 1. The average Bonchev–Trinajstić information content (AvgIpc) is 2.53. The second-order valence-electron chi connectivity index (χ2n) is 5.30. The highest BCUT2D eigenvalue weighted by molar-refractivity contribution is 7.80. The Bertz CT molecular complexity index is 591. The van der Waals surface area contributed by atoms with Crippen LogP contribution in [0.4, 0.5) is 0 Å². The lowest BCUT2D eigenvalue weighted by atomic mass is 10.1. The van der Waals surface area contributed by atoms with Crippen molar-refractivity contribution < 1.29 is 24.6 Å². The maximum Gasteiger partial charge on any atom is 0.326 e. The topological polar surface area (TPSA) is 142 Å². The van der Waals surface area contributed by atoms with Crippen LogP contribution >= 0.6 is 12.6 Å². The second kappa shape index (κ2) is 9.14. The molecule has 0 bridgehead atoms. The summed E-state index contributed by atoms with van der Waals surface area (Å²) in [5.74, 6) is -2.35. The van der Waals surface area contributed by atoms with Crippen molar-refractivity contribution in [3.8, 4) is 5.75 Å². The Morgan fingerprint density at radius 1 is 1.12 bits per heavy atom. The predicted molar refractivity (Wildman–Crippen MR) is 90.8 cm³/mol.